The molecule has 10 heteroatoms. The fourth-order valence-electron chi connectivity index (χ4n) is 16.9. The zero-order valence-electron chi connectivity index (χ0n) is 35.9. The normalized spacial score (nSPS) is 42.3. The third-order valence-electron chi connectivity index (χ3n) is 18.6. The zero-order chi connectivity index (χ0) is 40.9. The van der Waals surface area contributed by atoms with Gasteiger partial charge in [0, 0.05) is 18.8 Å². The number of carbonyl (C=O) groups excluding carboxylic acids is 4. The van der Waals surface area contributed by atoms with Crippen LogP contribution in [0, 0.1) is 106 Å². The molecule has 10 bridgehead atoms. The number of ether oxygens (including phenoxy) is 4. The Hall–Kier alpha value is -2.65. The smallest absolute Gasteiger partial charge is 0.311 e. The quantitative estimate of drug-likeness (QED) is 0.121. The molecular weight excluding hydrogens is 809 g/mol. The van der Waals surface area contributed by atoms with E-state index in [0.717, 1.165) is 74.0 Å². The van der Waals surface area contributed by atoms with Crippen LogP contribution < -0.4 is 0 Å². The number of carboxylic acids is 1. The summed E-state index contributed by atoms with van der Waals surface area (Å²) < 4.78 is 24.9. The molecule has 0 radical (unpaired) electrons. The van der Waals surface area contributed by atoms with Crippen LogP contribution in [-0.2, 0) is 42.9 Å². The predicted octanol–water partition coefficient (Wildman–Crippen LogP) is 12.1. The Morgan fingerprint density at radius 1 is 0.625 bits per heavy atom. The van der Waals surface area contributed by atoms with E-state index in [4.69, 9.17) is 28.8 Å². The van der Waals surface area contributed by atoms with Crippen LogP contribution in [-0.4, -0.2) is 59.4 Å². The largest absolute Gasteiger partial charge is 0.481 e. The van der Waals surface area contributed by atoms with Crippen molar-refractivity contribution in [3.05, 3.63) is 0 Å². The van der Waals surface area contributed by atoms with Gasteiger partial charge in [-0.05, 0) is 181 Å². The van der Waals surface area contributed by atoms with E-state index in [9.17, 15) is 19.2 Å². The van der Waals surface area contributed by atoms with Crippen LogP contribution in [0.5, 0.6) is 0 Å². The summed E-state index contributed by atoms with van der Waals surface area (Å²) >= 11 is 0. The lowest BCUT2D eigenvalue weighted by molar-refractivity contribution is -0.171. The van der Waals surface area contributed by atoms with E-state index in [0.29, 0.717) is 42.4 Å². The molecule has 11 rings (SSSR count). The van der Waals surface area contributed by atoms with Crippen molar-refractivity contribution in [2.45, 2.75) is 207 Å². The van der Waals surface area contributed by atoms with E-state index in [1.165, 1.54) is 51.4 Å². The Bertz CT molecular complexity index is 1640. The zero-order valence-corrected chi connectivity index (χ0v) is 35.9. The number of carbonyl (C=O) groups is 5. The van der Waals surface area contributed by atoms with Crippen LogP contribution in [0.3, 0.4) is 0 Å². The highest BCUT2D eigenvalue weighted by Gasteiger charge is 2.66. The summed E-state index contributed by atoms with van der Waals surface area (Å²) in [7, 11) is 0. The minimum absolute atomic E-state index is 0. The molecule has 10 nitrogen and oxygen atoms in total. The minimum Gasteiger partial charge on any atom is -0.481 e. The first-order valence-corrected chi connectivity index (χ1v) is 23.8. The van der Waals surface area contributed by atoms with Gasteiger partial charge in [0.05, 0.1) is 23.2 Å². The van der Waals surface area contributed by atoms with Crippen molar-refractivity contribution in [3.63, 3.8) is 0 Å². The number of fused-ring (bicyclic) bond motifs is 19. The fourth-order valence-corrected chi connectivity index (χ4v) is 16.9. The molecule has 64 heavy (non-hydrogen) atoms. The molecule has 11 fully saturated rings. The second-order valence-corrected chi connectivity index (χ2v) is 21.6. The number of aliphatic carboxylic acids is 1. The van der Waals surface area contributed by atoms with E-state index in [1.807, 2.05) is 34.6 Å². The topological polar surface area (TPSA) is 142 Å². The average Bonchev–Trinajstić information content (AvgIpc) is 4.04. The summed E-state index contributed by atoms with van der Waals surface area (Å²) in [4.78, 5) is 63.9. The molecule has 1 aliphatic heterocycles. The first kappa shape index (κ1) is 55.7. The van der Waals surface area contributed by atoms with Gasteiger partial charge >= 0.3 is 23.9 Å². The van der Waals surface area contributed by atoms with Crippen molar-refractivity contribution in [2.75, 3.05) is 0 Å². The number of carboxylic acid groups (broad SMARTS) is 1. The van der Waals surface area contributed by atoms with E-state index in [-0.39, 0.29) is 111 Å². The maximum absolute atomic E-state index is 14.5. The van der Waals surface area contributed by atoms with Crippen molar-refractivity contribution < 1.29 is 48.0 Å². The van der Waals surface area contributed by atoms with Crippen molar-refractivity contribution in [1.82, 2.24) is 0 Å². The molecule has 21 unspecified atom stereocenters. The molecule has 1 saturated heterocycles. The summed E-state index contributed by atoms with van der Waals surface area (Å²) in [5, 5.41) is 7.42. The lowest BCUT2D eigenvalue weighted by Gasteiger charge is -2.40. The maximum Gasteiger partial charge on any atom is 0.311 e. The Morgan fingerprint density at radius 3 is 1.58 bits per heavy atom. The van der Waals surface area contributed by atoms with Gasteiger partial charge in [0.15, 0.2) is 0 Å². The Balaban J connectivity index is 0.000000863. The number of hydrogen-bond donors (Lipinski definition) is 1. The van der Waals surface area contributed by atoms with Crippen LogP contribution in [0.1, 0.15) is 182 Å². The van der Waals surface area contributed by atoms with Gasteiger partial charge in [0.1, 0.15) is 24.4 Å². The summed E-state index contributed by atoms with van der Waals surface area (Å²) in [6.07, 6.45) is 14.5. The monoisotopic (exact) mass is 903 g/mol. The third kappa shape index (κ3) is 9.18. The molecule has 21 atom stereocenters. The summed E-state index contributed by atoms with van der Waals surface area (Å²) in [6.45, 7) is 10.9. The molecule has 0 aromatic carbocycles. The molecule has 370 valence electrons. The first-order valence-electron chi connectivity index (χ1n) is 23.8. The number of rotatable bonds is 11. The highest BCUT2D eigenvalue weighted by molar-refractivity contribution is 5.80. The van der Waals surface area contributed by atoms with Gasteiger partial charge in [-0.3, -0.25) is 24.0 Å². The first-order chi connectivity index (χ1) is 27.8. The van der Waals surface area contributed by atoms with Gasteiger partial charge in [-0.1, -0.05) is 65.3 Å². The van der Waals surface area contributed by atoms with E-state index in [1.54, 1.807) is 0 Å². The van der Waals surface area contributed by atoms with Crippen LogP contribution >= 0.6 is 0 Å². The molecule has 0 amide bonds. The minimum atomic E-state index is -0.899. The van der Waals surface area contributed by atoms with Crippen molar-refractivity contribution in [1.29, 1.82) is 0 Å². The van der Waals surface area contributed by atoms with Crippen LogP contribution in [0.25, 0.3) is 0 Å². The van der Waals surface area contributed by atoms with Gasteiger partial charge in [-0.2, -0.15) is 0 Å². The van der Waals surface area contributed by atoms with E-state index >= 15 is 0 Å². The Morgan fingerprint density at radius 2 is 1.08 bits per heavy atom. The number of hydrogen-bond acceptors (Lipinski definition) is 9. The van der Waals surface area contributed by atoms with Crippen molar-refractivity contribution in [3.8, 4) is 0 Å². The van der Waals surface area contributed by atoms with Crippen molar-refractivity contribution >= 4 is 29.8 Å². The van der Waals surface area contributed by atoms with Gasteiger partial charge in [0.25, 0.3) is 5.97 Å². The van der Waals surface area contributed by atoms with Gasteiger partial charge < -0.3 is 24.1 Å². The van der Waals surface area contributed by atoms with Gasteiger partial charge in [0.2, 0.25) is 0 Å². The standard InChI is InChI=1S/C44H60O8.C2H4O2.C2H6.6CH4/c1-4-19(40(45)51-38-26-14-28-29(15-26)42(47)52-39(28)38)9-27(41(46)49-32-16-24-12-30(32)36-22-7-5-20(10-22)34(24)36)18-44(2,3)43(48)50-33-17-25-13-31(33)37-23-8-6-21(11-23)35(25)37;1-2(3)4;1-2;;;;;;/h19-39H,4-18H2,1-3H3;1H3,(H,3,4);1-2H3;6*1H4. The van der Waals surface area contributed by atoms with Crippen LogP contribution in [0.4, 0.5) is 0 Å². The third-order valence-corrected chi connectivity index (χ3v) is 18.6. The molecule has 0 aromatic rings. The highest BCUT2D eigenvalue weighted by atomic mass is 16.6. The summed E-state index contributed by atoms with van der Waals surface area (Å²) in [5.41, 5.74) is -0.899. The maximum atomic E-state index is 14.5. The van der Waals surface area contributed by atoms with E-state index < -0.39 is 29.3 Å². The molecule has 1 heterocycles. The predicted molar refractivity (Wildman–Crippen MR) is 253 cm³/mol. The molecule has 10 aliphatic carbocycles. The van der Waals surface area contributed by atoms with Crippen LogP contribution in [0.2, 0.25) is 0 Å². The molecular formula is C54H94O10. The lowest BCUT2D eigenvalue weighted by atomic mass is 9.70. The summed E-state index contributed by atoms with van der Waals surface area (Å²) in [6, 6.07) is 0. The molecule has 10 saturated carbocycles. The van der Waals surface area contributed by atoms with Crippen LogP contribution in [0.15, 0.2) is 0 Å². The average molecular weight is 903 g/mol. The van der Waals surface area contributed by atoms with Gasteiger partial charge in [-0.25, -0.2) is 0 Å². The Labute approximate surface area is 389 Å². The SMILES string of the molecule is C.C.C.C.C.C.CC.CC(=O)O.CCC(CC(CC(C)(C)C(=O)OC1CC2CC1C1C3CCC(C3)C21)C(=O)OC1CC2CC1C1C3CCC(C3)C21)C(=O)OC1C2CC3C(=O)OC1C3C2. The van der Waals surface area contributed by atoms with E-state index in [2.05, 4.69) is 0 Å². The Kier molecular flexibility index (Phi) is 18.4. The number of esters is 4. The molecule has 11 aliphatic rings. The highest BCUT2D eigenvalue weighted by Crippen LogP contribution is 2.69. The molecule has 0 spiro atoms. The fraction of sp³-hybridized carbons (Fsp3) is 0.907. The van der Waals surface area contributed by atoms with Crippen molar-refractivity contribution in [2.24, 2.45) is 106 Å². The molecule has 1 N–H and O–H groups in total. The van der Waals surface area contributed by atoms with Gasteiger partial charge in [-0.15, -0.1) is 0 Å². The molecule has 0 aromatic heterocycles. The lowest BCUT2D eigenvalue weighted by Crippen LogP contribution is -2.42. The second kappa shape index (κ2) is 21.1. The second-order valence-electron chi connectivity index (χ2n) is 21.6. The summed E-state index contributed by atoms with van der Waals surface area (Å²) in [5.74, 6) is 6.32.